The Labute approximate surface area is 95.0 Å². The van der Waals surface area contributed by atoms with Crippen LogP contribution in [0.25, 0.3) is 0 Å². The van der Waals surface area contributed by atoms with Gasteiger partial charge in [-0.25, -0.2) is 0 Å². The Morgan fingerprint density at radius 1 is 1.56 bits per heavy atom. The summed E-state index contributed by atoms with van der Waals surface area (Å²) in [5.41, 5.74) is 6.25. The first-order valence-corrected chi connectivity index (χ1v) is 5.41. The monoisotopic (exact) mass is 220 g/mol. The van der Waals surface area contributed by atoms with Gasteiger partial charge in [0, 0.05) is 24.8 Å². The van der Waals surface area contributed by atoms with Gasteiger partial charge in [0.2, 0.25) is 0 Å². The molecule has 1 aliphatic carbocycles. The molecule has 1 aromatic rings. The van der Waals surface area contributed by atoms with E-state index in [1.807, 2.05) is 7.05 Å². The van der Waals surface area contributed by atoms with Crippen LogP contribution in [0.1, 0.15) is 12.8 Å². The number of nitrogens with two attached hydrogens (primary N) is 1. The van der Waals surface area contributed by atoms with Crippen molar-refractivity contribution in [3.8, 4) is 5.75 Å². The number of hydrogen-bond acceptors (Lipinski definition) is 3. The van der Waals surface area contributed by atoms with Gasteiger partial charge in [0.25, 0.3) is 5.91 Å². The smallest absolute Gasteiger partial charge is 0.260 e. The van der Waals surface area contributed by atoms with Crippen LogP contribution in [-0.2, 0) is 4.79 Å². The van der Waals surface area contributed by atoms with Gasteiger partial charge in [-0.15, -0.1) is 0 Å². The third-order valence-corrected chi connectivity index (χ3v) is 2.71. The van der Waals surface area contributed by atoms with E-state index in [1.54, 1.807) is 29.2 Å². The second kappa shape index (κ2) is 4.43. The van der Waals surface area contributed by atoms with Crippen molar-refractivity contribution in [2.24, 2.45) is 0 Å². The number of likely N-dealkylation sites (N-methyl/N-ethyl adjacent to an activating group) is 1. The lowest BCUT2D eigenvalue weighted by atomic mass is 10.3. The number of rotatable bonds is 4. The molecule has 0 saturated heterocycles. The third kappa shape index (κ3) is 2.66. The van der Waals surface area contributed by atoms with Gasteiger partial charge in [-0.2, -0.15) is 0 Å². The standard InChI is InChI=1S/C12H16N2O2/c1-14(10-5-6-10)12(15)8-16-11-4-2-3-9(13)7-11/h2-4,7,10H,5-6,8,13H2,1H3. The van der Waals surface area contributed by atoms with Gasteiger partial charge in [-0.05, 0) is 25.0 Å². The highest BCUT2D eigenvalue weighted by Crippen LogP contribution is 2.25. The van der Waals surface area contributed by atoms with Crippen molar-refractivity contribution >= 4 is 11.6 Å². The normalized spacial score (nSPS) is 14.6. The molecule has 0 spiro atoms. The Kier molecular flexibility index (Phi) is 2.99. The van der Waals surface area contributed by atoms with E-state index in [1.165, 1.54) is 0 Å². The summed E-state index contributed by atoms with van der Waals surface area (Å²) < 4.78 is 5.38. The minimum Gasteiger partial charge on any atom is -0.484 e. The van der Waals surface area contributed by atoms with Crippen molar-refractivity contribution < 1.29 is 9.53 Å². The van der Waals surface area contributed by atoms with Gasteiger partial charge in [0.1, 0.15) is 5.75 Å². The van der Waals surface area contributed by atoms with Crippen LogP contribution in [0.3, 0.4) is 0 Å². The number of amides is 1. The molecule has 2 N–H and O–H groups in total. The molecule has 0 heterocycles. The largest absolute Gasteiger partial charge is 0.484 e. The topological polar surface area (TPSA) is 55.6 Å². The summed E-state index contributed by atoms with van der Waals surface area (Å²) in [5, 5.41) is 0. The van der Waals surface area contributed by atoms with Crippen LogP contribution < -0.4 is 10.5 Å². The van der Waals surface area contributed by atoms with E-state index >= 15 is 0 Å². The Morgan fingerprint density at radius 3 is 2.94 bits per heavy atom. The second-order valence-electron chi connectivity index (χ2n) is 4.10. The summed E-state index contributed by atoms with van der Waals surface area (Å²) in [5.74, 6) is 0.655. The molecule has 4 heteroatoms. The van der Waals surface area contributed by atoms with Crippen molar-refractivity contribution in [3.63, 3.8) is 0 Å². The fourth-order valence-electron chi connectivity index (χ4n) is 1.52. The van der Waals surface area contributed by atoms with E-state index in [-0.39, 0.29) is 12.5 Å². The molecule has 0 bridgehead atoms. The lowest BCUT2D eigenvalue weighted by Gasteiger charge is -2.16. The summed E-state index contributed by atoms with van der Waals surface area (Å²) in [4.78, 5) is 13.4. The average Bonchev–Trinajstić information content (AvgIpc) is 3.09. The first-order valence-electron chi connectivity index (χ1n) is 5.41. The molecule has 1 fully saturated rings. The van der Waals surface area contributed by atoms with Crippen LogP contribution in [0.2, 0.25) is 0 Å². The lowest BCUT2D eigenvalue weighted by Crippen LogP contribution is -2.33. The van der Waals surface area contributed by atoms with E-state index in [0.29, 0.717) is 17.5 Å². The fraction of sp³-hybridized carbons (Fsp3) is 0.417. The molecule has 0 atom stereocenters. The third-order valence-electron chi connectivity index (χ3n) is 2.71. The first kappa shape index (κ1) is 10.8. The Hall–Kier alpha value is -1.71. The van der Waals surface area contributed by atoms with E-state index in [9.17, 15) is 4.79 Å². The molecule has 1 aliphatic rings. The number of hydrogen-bond donors (Lipinski definition) is 1. The van der Waals surface area contributed by atoms with Crippen molar-refractivity contribution in [3.05, 3.63) is 24.3 Å². The van der Waals surface area contributed by atoms with E-state index in [0.717, 1.165) is 12.8 Å². The van der Waals surface area contributed by atoms with Crippen molar-refractivity contribution in [2.75, 3.05) is 19.4 Å². The molecule has 0 unspecified atom stereocenters. The fourth-order valence-corrected chi connectivity index (χ4v) is 1.52. The van der Waals surface area contributed by atoms with Gasteiger partial charge in [0.05, 0.1) is 0 Å². The summed E-state index contributed by atoms with van der Waals surface area (Å²) in [6.45, 7) is 0.0798. The summed E-state index contributed by atoms with van der Waals surface area (Å²) in [6, 6.07) is 7.52. The summed E-state index contributed by atoms with van der Waals surface area (Å²) in [6.07, 6.45) is 2.22. The average molecular weight is 220 g/mol. The number of ether oxygens (including phenoxy) is 1. The van der Waals surface area contributed by atoms with Crippen LogP contribution >= 0.6 is 0 Å². The molecular formula is C12H16N2O2. The molecule has 16 heavy (non-hydrogen) atoms. The summed E-state index contributed by atoms with van der Waals surface area (Å²) in [7, 11) is 1.82. The number of nitrogens with zero attached hydrogens (tertiary/aromatic N) is 1. The highest BCUT2D eigenvalue weighted by Gasteiger charge is 2.29. The minimum atomic E-state index is 0.0184. The molecule has 0 aliphatic heterocycles. The van der Waals surface area contributed by atoms with Crippen LogP contribution in [0, 0.1) is 0 Å². The van der Waals surface area contributed by atoms with Crippen LogP contribution in [0.4, 0.5) is 5.69 Å². The van der Waals surface area contributed by atoms with Gasteiger partial charge >= 0.3 is 0 Å². The molecule has 4 nitrogen and oxygen atoms in total. The number of anilines is 1. The number of carbonyl (C=O) groups excluding carboxylic acids is 1. The zero-order chi connectivity index (χ0) is 11.5. The maximum Gasteiger partial charge on any atom is 0.260 e. The zero-order valence-electron chi connectivity index (χ0n) is 9.35. The SMILES string of the molecule is CN(C(=O)COc1cccc(N)c1)C1CC1. The van der Waals surface area contributed by atoms with Gasteiger partial charge in [-0.3, -0.25) is 4.79 Å². The Bertz CT molecular complexity index is 388. The number of nitrogen functional groups attached to an aromatic ring is 1. The maximum atomic E-state index is 11.7. The van der Waals surface area contributed by atoms with Gasteiger partial charge in [-0.1, -0.05) is 6.07 Å². The summed E-state index contributed by atoms with van der Waals surface area (Å²) >= 11 is 0. The van der Waals surface area contributed by atoms with E-state index in [4.69, 9.17) is 10.5 Å². The van der Waals surface area contributed by atoms with Crippen LogP contribution in [0.5, 0.6) is 5.75 Å². The van der Waals surface area contributed by atoms with E-state index < -0.39 is 0 Å². The quantitative estimate of drug-likeness (QED) is 0.777. The molecule has 2 rings (SSSR count). The zero-order valence-corrected chi connectivity index (χ0v) is 9.35. The van der Waals surface area contributed by atoms with Crippen molar-refractivity contribution in [1.82, 2.24) is 4.90 Å². The van der Waals surface area contributed by atoms with Gasteiger partial charge < -0.3 is 15.4 Å². The highest BCUT2D eigenvalue weighted by atomic mass is 16.5. The number of benzene rings is 1. The van der Waals surface area contributed by atoms with Crippen LogP contribution in [-0.4, -0.2) is 30.5 Å². The highest BCUT2D eigenvalue weighted by molar-refractivity contribution is 5.78. The predicted octanol–water partition coefficient (Wildman–Crippen LogP) is 1.27. The van der Waals surface area contributed by atoms with Crippen LogP contribution in [0.15, 0.2) is 24.3 Å². The predicted molar refractivity (Wildman–Crippen MR) is 62.1 cm³/mol. The maximum absolute atomic E-state index is 11.7. The molecule has 0 aromatic heterocycles. The van der Waals surface area contributed by atoms with Crippen molar-refractivity contribution in [2.45, 2.75) is 18.9 Å². The van der Waals surface area contributed by atoms with Gasteiger partial charge in [0.15, 0.2) is 6.61 Å². The lowest BCUT2D eigenvalue weighted by molar-refractivity contribution is -0.132. The minimum absolute atomic E-state index is 0.0184. The van der Waals surface area contributed by atoms with Crippen molar-refractivity contribution in [1.29, 1.82) is 0 Å². The first-order chi connectivity index (χ1) is 7.66. The number of carbonyl (C=O) groups is 1. The molecule has 0 radical (unpaired) electrons. The molecule has 86 valence electrons. The molecule has 1 saturated carbocycles. The Morgan fingerprint density at radius 2 is 2.31 bits per heavy atom. The van der Waals surface area contributed by atoms with E-state index in [2.05, 4.69) is 0 Å². The second-order valence-corrected chi connectivity index (χ2v) is 4.10. The Balaban J connectivity index is 1.84. The molecule has 1 aromatic carbocycles. The molecular weight excluding hydrogens is 204 g/mol. The molecule has 1 amide bonds.